The van der Waals surface area contributed by atoms with Crippen molar-refractivity contribution in [3.8, 4) is 0 Å². The zero-order chi connectivity index (χ0) is 32.5. The highest BCUT2D eigenvalue weighted by atomic mass is 32.2. The zero-order valence-corrected chi connectivity index (χ0v) is 30.5. The Morgan fingerprint density at radius 3 is 1.05 bits per heavy atom. The fraction of sp³-hybridized carbons (Fsp3) is 1.00. The van der Waals surface area contributed by atoms with Gasteiger partial charge in [-0.3, -0.25) is 4.55 Å². The monoisotopic (exact) mass is 651 g/mol. The first-order chi connectivity index (χ1) is 21.3. The minimum atomic E-state index is -3.84. The van der Waals surface area contributed by atoms with Gasteiger partial charge in [-0.15, -0.1) is 0 Å². The van der Waals surface area contributed by atoms with Crippen molar-refractivity contribution >= 4 is 10.1 Å². The summed E-state index contributed by atoms with van der Waals surface area (Å²) in [6.07, 6.45) is 30.4. The molecular formula is C36H76NO6S+. The van der Waals surface area contributed by atoms with Crippen LogP contribution >= 0.6 is 0 Å². The average Bonchev–Trinajstić information content (AvgIpc) is 2.97. The average molecular weight is 651 g/mol. The molecule has 0 atom stereocenters. The van der Waals surface area contributed by atoms with Gasteiger partial charge in [-0.05, 0) is 64.2 Å². The van der Waals surface area contributed by atoms with E-state index < -0.39 is 10.1 Å². The summed E-state index contributed by atoms with van der Waals surface area (Å²) in [6, 6.07) is 0. The third kappa shape index (κ3) is 37.9. The van der Waals surface area contributed by atoms with Crippen LogP contribution in [0.25, 0.3) is 0 Å². The first-order valence-electron chi connectivity index (χ1n) is 18.8. The van der Waals surface area contributed by atoms with E-state index in [2.05, 4.69) is 21.0 Å². The van der Waals surface area contributed by atoms with E-state index >= 15 is 0 Å². The molecule has 0 radical (unpaired) electrons. The molecule has 0 aliphatic rings. The van der Waals surface area contributed by atoms with Gasteiger partial charge in [0.05, 0.1) is 32.9 Å². The van der Waals surface area contributed by atoms with Crippen molar-refractivity contribution in [2.24, 2.45) is 0 Å². The van der Waals surface area contributed by atoms with Gasteiger partial charge in [-0.1, -0.05) is 96.8 Å². The number of hydrogen-bond acceptors (Lipinski definition) is 5. The molecule has 0 aromatic heterocycles. The summed E-state index contributed by atoms with van der Waals surface area (Å²) >= 11 is 0. The molecule has 0 spiro atoms. The van der Waals surface area contributed by atoms with E-state index in [0.717, 1.165) is 63.0 Å². The Labute approximate surface area is 274 Å². The lowest BCUT2D eigenvalue weighted by atomic mass is 10.0. The molecule has 0 bridgehead atoms. The Hall–Kier alpha value is -0.250. The Bertz CT molecular complexity index is 674. The Morgan fingerprint density at radius 1 is 0.432 bits per heavy atom. The summed E-state index contributed by atoms with van der Waals surface area (Å²) in [7, 11) is 0.928. The number of ether oxygens (including phenoxy) is 3. The normalized spacial score (nSPS) is 12.4. The van der Waals surface area contributed by atoms with Crippen LogP contribution in [0.1, 0.15) is 161 Å². The van der Waals surface area contributed by atoms with E-state index in [-0.39, 0.29) is 5.75 Å². The van der Waals surface area contributed by atoms with Crippen LogP contribution < -0.4 is 0 Å². The third-order valence-electron chi connectivity index (χ3n) is 8.51. The summed E-state index contributed by atoms with van der Waals surface area (Å²) in [4.78, 5) is 0. The highest BCUT2D eigenvalue weighted by Gasteiger charge is 2.13. The van der Waals surface area contributed by atoms with Crippen molar-refractivity contribution < 1.29 is 31.7 Å². The van der Waals surface area contributed by atoms with Crippen molar-refractivity contribution in [3.63, 3.8) is 0 Å². The van der Waals surface area contributed by atoms with Crippen molar-refractivity contribution in [2.45, 2.75) is 161 Å². The molecule has 8 heteroatoms. The SMILES string of the molecule is CCCCCCCCCCCCCCCCCC[N+](C)(C)CCCCOCCCCOCCCCOCCCCS(=O)(=O)O. The molecule has 1 N–H and O–H groups in total. The van der Waals surface area contributed by atoms with Crippen LogP contribution in [-0.4, -0.2) is 90.0 Å². The smallest absolute Gasteiger partial charge is 0.264 e. The molecule has 0 rings (SSSR count). The summed E-state index contributed by atoms with van der Waals surface area (Å²) in [5.74, 6) is -0.188. The first kappa shape index (κ1) is 43.8. The van der Waals surface area contributed by atoms with E-state index in [0.29, 0.717) is 26.1 Å². The molecule has 0 aromatic carbocycles. The van der Waals surface area contributed by atoms with Gasteiger partial charge >= 0.3 is 0 Å². The van der Waals surface area contributed by atoms with Crippen molar-refractivity contribution in [1.29, 1.82) is 0 Å². The number of unbranched alkanes of at least 4 members (excludes halogenated alkanes) is 19. The second-order valence-corrected chi connectivity index (χ2v) is 15.2. The number of quaternary nitrogens is 1. The van der Waals surface area contributed by atoms with Crippen LogP contribution in [0.5, 0.6) is 0 Å². The molecule has 7 nitrogen and oxygen atoms in total. The van der Waals surface area contributed by atoms with Gasteiger partial charge < -0.3 is 18.7 Å². The molecule has 0 aliphatic carbocycles. The summed E-state index contributed by atoms with van der Waals surface area (Å²) in [6.45, 7) is 9.27. The summed E-state index contributed by atoms with van der Waals surface area (Å²) in [5, 5.41) is 0. The van der Waals surface area contributed by atoms with Crippen LogP contribution in [0.4, 0.5) is 0 Å². The minimum absolute atomic E-state index is 0.188. The van der Waals surface area contributed by atoms with Crippen molar-refractivity contribution in [1.82, 2.24) is 0 Å². The van der Waals surface area contributed by atoms with Gasteiger partial charge in [0.15, 0.2) is 0 Å². The van der Waals surface area contributed by atoms with E-state index in [1.807, 2.05) is 0 Å². The molecule has 44 heavy (non-hydrogen) atoms. The van der Waals surface area contributed by atoms with Gasteiger partial charge in [-0.2, -0.15) is 8.42 Å². The maximum Gasteiger partial charge on any atom is 0.264 e. The molecule has 0 heterocycles. The van der Waals surface area contributed by atoms with Crippen LogP contribution in [0.2, 0.25) is 0 Å². The maximum absolute atomic E-state index is 10.6. The molecule has 0 saturated carbocycles. The van der Waals surface area contributed by atoms with E-state index in [1.165, 1.54) is 122 Å². The lowest BCUT2D eigenvalue weighted by Crippen LogP contribution is -2.41. The molecule has 0 aromatic rings. The number of nitrogens with zero attached hydrogens (tertiary/aromatic N) is 1. The molecule has 0 aliphatic heterocycles. The predicted molar refractivity (Wildman–Crippen MR) is 187 cm³/mol. The van der Waals surface area contributed by atoms with Gasteiger partial charge in [0, 0.05) is 39.6 Å². The minimum Gasteiger partial charge on any atom is -0.381 e. The van der Waals surface area contributed by atoms with Crippen LogP contribution in [-0.2, 0) is 24.3 Å². The second-order valence-electron chi connectivity index (χ2n) is 13.6. The highest BCUT2D eigenvalue weighted by Crippen LogP contribution is 2.14. The third-order valence-corrected chi connectivity index (χ3v) is 9.32. The summed E-state index contributed by atoms with van der Waals surface area (Å²) < 4.78 is 48.1. The largest absolute Gasteiger partial charge is 0.381 e. The van der Waals surface area contributed by atoms with E-state index in [4.69, 9.17) is 18.8 Å². The van der Waals surface area contributed by atoms with Gasteiger partial charge in [0.1, 0.15) is 0 Å². The quantitative estimate of drug-likeness (QED) is 0.0410. The van der Waals surface area contributed by atoms with Crippen LogP contribution in [0.3, 0.4) is 0 Å². The fourth-order valence-electron chi connectivity index (χ4n) is 5.55. The van der Waals surface area contributed by atoms with Crippen molar-refractivity contribution in [2.75, 3.05) is 72.6 Å². The van der Waals surface area contributed by atoms with Crippen molar-refractivity contribution in [3.05, 3.63) is 0 Å². The standard InChI is InChI=1S/C36H75NO6S/c1-4-5-6-7-8-9-10-11-12-13-14-15-16-17-18-19-28-37(2,3)29-20-21-30-41-31-22-23-32-42-33-24-25-34-43-35-26-27-36-44(38,39)40/h4-36H2,1-3H3/p+1. The van der Waals surface area contributed by atoms with Crippen LogP contribution in [0, 0.1) is 0 Å². The Morgan fingerprint density at radius 2 is 0.705 bits per heavy atom. The van der Waals surface area contributed by atoms with E-state index in [9.17, 15) is 8.42 Å². The van der Waals surface area contributed by atoms with Gasteiger partial charge in [0.25, 0.3) is 10.1 Å². The molecule has 0 fully saturated rings. The van der Waals surface area contributed by atoms with Crippen LogP contribution in [0.15, 0.2) is 0 Å². The molecule has 0 amide bonds. The van der Waals surface area contributed by atoms with Gasteiger partial charge in [-0.25, -0.2) is 0 Å². The van der Waals surface area contributed by atoms with Gasteiger partial charge in [0.2, 0.25) is 0 Å². The summed E-state index contributed by atoms with van der Waals surface area (Å²) in [5.41, 5.74) is 0. The lowest BCUT2D eigenvalue weighted by molar-refractivity contribution is -0.890. The zero-order valence-electron chi connectivity index (χ0n) is 29.7. The number of rotatable bonds is 37. The lowest BCUT2D eigenvalue weighted by Gasteiger charge is -2.30. The number of hydrogen-bond donors (Lipinski definition) is 1. The topological polar surface area (TPSA) is 82.1 Å². The first-order valence-corrected chi connectivity index (χ1v) is 20.4. The molecule has 0 saturated heterocycles. The highest BCUT2D eigenvalue weighted by molar-refractivity contribution is 7.85. The predicted octanol–water partition coefficient (Wildman–Crippen LogP) is 9.38. The molecular weight excluding hydrogens is 574 g/mol. The van der Waals surface area contributed by atoms with E-state index in [1.54, 1.807) is 0 Å². The Kier molecular flexibility index (Phi) is 32.5. The fourth-order valence-corrected chi connectivity index (χ4v) is 6.12. The Balaban J connectivity index is 3.28. The second kappa shape index (κ2) is 32.7. The molecule has 0 unspecified atom stereocenters. The molecule has 266 valence electrons. The maximum atomic E-state index is 10.6.